The Morgan fingerprint density at radius 1 is 1.38 bits per heavy atom. The second-order valence-corrected chi connectivity index (χ2v) is 3.66. The Morgan fingerprint density at radius 2 is 1.94 bits per heavy atom. The third kappa shape index (κ3) is 7.04. The molecule has 2 atom stereocenters. The first-order valence-electron chi connectivity index (χ1n) is 5.14. The van der Waals surface area contributed by atoms with Crippen LogP contribution in [0, 0.1) is 0 Å². The molecule has 4 nitrogen and oxygen atoms in total. The van der Waals surface area contributed by atoms with E-state index in [1.165, 1.54) is 0 Å². The largest absolute Gasteiger partial charge is 0.465 e. The maximum absolute atomic E-state index is 11.5. The lowest BCUT2D eigenvalue weighted by Crippen LogP contribution is -2.45. The van der Waals surface area contributed by atoms with Crippen LogP contribution >= 0.6 is 24.0 Å². The van der Waals surface area contributed by atoms with E-state index in [9.17, 15) is 9.59 Å². The Morgan fingerprint density at radius 3 is 2.31 bits per heavy atom. The van der Waals surface area contributed by atoms with Gasteiger partial charge in [-0.15, -0.1) is 12.4 Å². The lowest BCUT2D eigenvalue weighted by Gasteiger charge is -2.19. The van der Waals surface area contributed by atoms with E-state index in [0.29, 0.717) is 13.0 Å². The van der Waals surface area contributed by atoms with Crippen LogP contribution in [0.15, 0.2) is 0 Å². The van der Waals surface area contributed by atoms with E-state index >= 15 is 0 Å². The van der Waals surface area contributed by atoms with Gasteiger partial charge in [0.05, 0.1) is 12.6 Å². The molecule has 1 N–H and O–H groups in total. The molecule has 0 aliphatic carbocycles. The third-order valence-electron chi connectivity index (χ3n) is 1.94. The zero-order valence-electron chi connectivity index (χ0n) is 9.79. The van der Waals surface area contributed by atoms with Crippen molar-refractivity contribution in [2.75, 3.05) is 6.61 Å². The lowest BCUT2D eigenvalue weighted by molar-refractivity contribution is -0.146. The van der Waals surface area contributed by atoms with Gasteiger partial charge in [-0.2, -0.15) is 0 Å². The topological polar surface area (TPSA) is 55.4 Å². The molecule has 1 unspecified atom stereocenters. The number of hydrogen-bond acceptors (Lipinski definition) is 4. The number of ether oxygens (including phenoxy) is 1. The molecular formula is C10H19Cl2NO3. The molecule has 0 aromatic carbocycles. The Labute approximate surface area is 107 Å². The van der Waals surface area contributed by atoms with Crippen molar-refractivity contribution in [1.82, 2.24) is 5.32 Å². The number of esters is 1. The number of carbonyl (C=O) groups is 2. The van der Waals surface area contributed by atoms with Gasteiger partial charge in [-0.25, -0.2) is 0 Å². The summed E-state index contributed by atoms with van der Waals surface area (Å²) in [4.78, 5) is 22.3. The molecule has 0 saturated heterocycles. The van der Waals surface area contributed by atoms with E-state index in [1.54, 1.807) is 13.8 Å². The van der Waals surface area contributed by atoms with Crippen molar-refractivity contribution >= 4 is 35.2 Å². The van der Waals surface area contributed by atoms with E-state index in [4.69, 9.17) is 16.3 Å². The molecule has 0 heterocycles. The number of rotatable bonds is 7. The fourth-order valence-electron chi connectivity index (χ4n) is 1.17. The van der Waals surface area contributed by atoms with Crippen LogP contribution in [0.2, 0.25) is 0 Å². The van der Waals surface area contributed by atoms with Crippen LogP contribution in [0.4, 0.5) is 0 Å². The lowest BCUT2D eigenvalue weighted by atomic mass is 10.1. The van der Waals surface area contributed by atoms with Crippen molar-refractivity contribution in [1.29, 1.82) is 0 Å². The van der Waals surface area contributed by atoms with E-state index < -0.39 is 17.3 Å². The second-order valence-electron chi connectivity index (χ2n) is 3.29. The number of hydrogen-bond donors (Lipinski definition) is 1. The molecule has 0 rings (SSSR count). The molecule has 0 spiro atoms. The summed E-state index contributed by atoms with van der Waals surface area (Å²) in [6, 6.07) is -0.986. The van der Waals surface area contributed by atoms with Crippen LogP contribution in [0.3, 0.4) is 0 Å². The van der Waals surface area contributed by atoms with Gasteiger partial charge in [-0.1, -0.05) is 13.3 Å². The van der Waals surface area contributed by atoms with Gasteiger partial charge in [0.25, 0.3) is 0 Å². The molecule has 0 aliphatic heterocycles. The summed E-state index contributed by atoms with van der Waals surface area (Å²) in [7, 11) is 0. The molecule has 6 heteroatoms. The van der Waals surface area contributed by atoms with Gasteiger partial charge >= 0.3 is 5.97 Å². The Hall–Kier alpha value is -0.320. The van der Waals surface area contributed by atoms with E-state index in [1.807, 2.05) is 6.92 Å². The summed E-state index contributed by atoms with van der Waals surface area (Å²) in [5.41, 5.74) is 0. The average Bonchev–Trinajstić information content (AvgIpc) is 2.17. The van der Waals surface area contributed by atoms with Crippen LogP contribution in [0.25, 0.3) is 0 Å². The van der Waals surface area contributed by atoms with E-state index in [0.717, 1.165) is 6.42 Å². The maximum Gasteiger partial charge on any atom is 0.323 e. The van der Waals surface area contributed by atoms with Gasteiger partial charge in [-0.05, 0) is 31.9 Å². The molecule has 16 heavy (non-hydrogen) atoms. The predicted octanol–water partition coefficient (Wildman–Crippen LogP) is 1.88. The molecule has 0 aliphatic rings. The molecule has 0 aromatic heterocycles. The first kappa shape index (κ1) is 18.1. The minimum Gasteiger partial charge on any atom is -0.465 e. The van der Waals surface area contributed by atoms with Crippen molar-refractivity contribution in [2.45, 2.75) is 45.7 Å². The second kappa shape index (κ2) is 9.87. The smallest absolute Gasteiger partial charge is 0.323 e. The van der Waals surface area contributed by atoms with Gasteiger partial charge in [0.2, 0.25) is 5.24 Å². The highest BCUT2D eigenvalue weighted by atomic mass is 35.5. The van der Waals surface area contributed by atoms with Crippen molar-refractivity contribution in [3.8, 4) is 0 Å². The van der Waals surface area contributed by atoms with Gasteiger partial charge in [-0.3, -0.25) is 14.9 Å². The van der Waals surface area contributed by atoms with Gasteiger partial charge in [0, 0.05) is 0 Å². The molecular weight excluding hydrogens is 253 g/mol. The van der Waals surface area contributed by atoms with Gasteiger partial charge < -0.3 is 4.74 Å². The van der Waals surface area contributed by atoms with Crippen molar-refractivity contribution in [3.05, 3.63) is 0 Å². The van der Waals surface area contributed by atoms with E-state index in [2.05, 4.69) is 5.32 Å². The zero-order chi connectivity index (χ0) is 11.8. The number of carbonyl (C=O) groups excluding carboxylic acids is 2. The van der Waals surface area contributed by atoms with Gasteiger partial charge in [0.15, 0.2) is 0 Å². The van der Waals surface area contributed by atoms with Crippen molar-refractivity contribution < 1.29 is 14.3 Å². The highest BCUT2D eigenvalue weighted by Crippen LogP contribution is 2.02. The summed E-state index contributed by atoms with van der Waals surface area (Å²) in [6.45, 7) is 5.67. The van der Waals surface area contributed by atoms with Gasteiger partial charge in [0.1, 0.15) is 6.04 Å². The molecule has 0 aromatic rings. The van der Waals surface area contributed by atoms with Crippen LogP contribution in [0.1, 0.15) is 33.6 Å². The third-order valence-corrected chi connectivity index (χ3v) is 2.27. The molecule has 0 radical (unpaired) electrons. The van der Waals surface area contributed by atoms with Crippen LogP contribution in [0.5, 0.6) is 0 Å². The van der Waals surface area contributed by atoms with Crippen LogP contribution in [-0.4, -0.2) is 29.9 Å². The summed E-state index contributed by atoms with van der Waals surface area (Å²) >= 11 is 5.30. The normalized spacial score (nSPS) is 13.5. The number of nitrogens with one attached hydrogen (secondary N) is 1. The fraction of sp³-hybridized carbons (Fsp3) is 0.800. The Bertz CT molecular complexity index is 224. The quantitative estimate of drug-likeness (QED) is 0.568. The van der Waals surface area contributed by atoms with Crippen LogP contribution < -0.4 is 5.32 Å². The highest BCUT2D eigenvalue weighted by molar-refractivity contribution is 6.64. The molecule has 0 amide bonds. The highest BCUT2D eigenvalue weighted by Gasteiger charge is 2.22. The first-order chi connectivity index (χ1) is 7.02. The first-order valence-corrected chi connectivity index (χ1v) is 5.52. The average molecular weight is 272 g/mol. The zero-order valence-corrected chi connectivity index (χ0v) is 11.4. The van der Waals surface area contributed by atoms with Crippen LogP contribution in [-0.2, 0) is 14.3 Å². The fourth-order valence-corrected chi connectivity index (χ4v) is 1.23. The molecule has 96 valence electrons. The molecule has 0 fully saturated rings. The summed E-state index contributed by atoms with van der Waals surface area (Å²) in [5, 5.41) is 2.35. The molecule has 0 saturated carbocycles. The minimum atomic E-state index is -0.535. The summed E-state index contributed by atoms with van der Waals surface area (Å²) in [6.07, 6.45) is 1.47. The van der Waals surface area contributed by atoms with Crippen molar-refractivity contribution in [2.24, 2.45) is 0 Å². The predicted molar refractivity (Wildman–Crippen MR) is 66.0 cm³/mol. The summed E-state index contributed by atoms with van der Waals surface area (Å²) in [5.74, 6) is -0.330. The monoisotopic (exact) mass is 271 g/mol. The summed E-state index contributed by atoms with van der Waals surface area (Å²) < 4.78 is 4.88. The SMILES string of the molecule is CCCC(N[C@@H](C)C(=O)Cl)C(=O)OCC.Cl. The Kier molecular flexibility index (Phi) is 11.1. The van der Waals surface area contributed by atoms with Crippen molar-refractivity contribution in [3.63, 3.8) is 0 Å². The number of halogens is 2. The Balaban J connectivity index is 0. The molecule has 0 bridgehead atoms. The standard InChI is InChI=1S/C10H18ClNO3.ClH/c1-4-6-8(10(14)15-5-2)12-7(3)9(11)13;/h7-8,12H,4-6H2,1-3H3;1H/t7-,8?;/m0./s1. The van der Waals surface area contributed by atoms with E-state index in [-0.39, 0.29) is 18.4 Å². The maximum atomic E-state index is 11.5. The minimum absolute atomic E-state index is 0.